The number of hydrogen-bond acceptors (Lipinski definition) is 2. The minimum absolute atomic E-state index is 0.0241. The van der Waals surface area contributed by atoms with Gasteiger partial charge in [-0.1, -0.05) is 35.9 Å². The van der Waals surface area contributed by atoms with Crippen molar-refractivity contribution in [2.75, 3.05) is 13.1 Å². The predicted molar refractivity (Wildman–Crippen MR) is 98.0 cm³/mol. The van der Waals surface area contributed by atoms with E-state index in [1.165, 1.54) is 12.1 Å². The van der Waals surface area contributed by atoms with Gasteiger partial charge in [0, 0.05) is 24.2 Å². The summed E-state index contributed by atoms with van der Waals surface area (Å²) in [4.78, 5) is 14.4. The Morgan fingerprint density at radius 2 is 1.92 bits per heavy atom. The Labute approximate surface area is 152 Å². The van der Waals surface area contributed by atoms with Crippen LogP contribution in [-0.4, -0.2) is 29.9 Å². The van der Waals surface area contributed by atoms with E-state index in [9.17, 15) is 9.18 Å². The minimum atomic E-state index is -0.236. The summed E-state index contributed by atoms with van der Waals surface area (Å²) in [7, 11) is 0. The number of benzene rings is 2. The third-order valence-corrected chi connectivity index (χ3v) is 4.57. The van der Waals surface area contributed by atoms with E-state index in [2.05, 4.69) is 10.2 Å². The van der Waals surface area contributed by atoms with Crippen LogP contribution < -0.4 is 5.32 Å². The molecule has 25 heavy (non-hydrogen) atoms. The third-order valence-electron chi connectivity index (χ3n) is 4.33. The SMILES string of the molecule is O=C(CN(Cc1ccc(F)cc1)C1CC1)NCCc1cccc(Cl)c1. The first-order valence-electron chi connectivity index (χ1n) is 8.60. The van der Waals surface area contributed by atoms with Gasteiger partial charge in [-0.25, -0.2) is 4.39 Å². The molecule has 1 aliphatic rings. The molecule has 0 spiro atoms. The summed E-state index contributed by atoms with van der Waals surface area (Å²) in [6, 6.07) is 14.6. The fourth-order valence-electron chi connectivity index (χ4n) is 2.86. The molecule has 0 aromatic heterocycles. The highest BCUT2D eigenvalue weighted by Gasteiger charge is 2.30. The van der Waals surface area contributed by atoms with Crippen molar-refractivity contribution in [2.45, 2.75) is 31.8 Å². The normalized spacial score (nSPS) is 13.9. The van der Waals surface area contributed by atoms with Crippen molar-refractivity contribution in [1.82, 2.24) is 10.2 Å². The van der Waals surface area contributed by atoms with Crippen molar-refractivity contribution in [3.8, 4) is 0 Å². The molecule has 2 aromatic carbocycles. The molecule has 0 saturated heterocycles. The highest BCUT2D eigenvalue weighted by molar-refractivity contribution is 6.30. The lowest BCUT2D eigenvalue weighted by Crippen LogP contribution is -2.38. The average Bonchev–Trinajstić information content (AvgIpc) is 3.41. The topological polar surface area (TPSA) is 32.3 Å². The van der Waals surface area contributed by atoms with Gasteiger partial charge in [0.2, 0.25) is 5.91 Å². The molecule has 1 amide bonds. The maximum absolute atomic E-state index is 13.0. The van der Waals surface area contributed by atoms with E-state index in [0.717, 1.165) is 30.4 Å². The van der Waals surface area contributed by atoms with Crippen LogP contribution in [0.3, 0.4) is 0 Å². The minimum Gasteiger partial charge on any atom is -0.355 e. The highest BCUT2D eigenvalue weighted by Crippen LogP contribution is 2.28. The summed E-state index contributed by atoms with van der Waals surface area (Å²) in [5.41, 5.74) is 2.14. The summed E-state index contributed by atoms with van der Waals surface area (Å²) < 4.78 is 13.0. The Hall–Kier alpha value is -1.91. The first kappa shape index (κ1) is 17.9. The number of rotatable bonds is 8. The van der Waals surface area contributed by atoms with Crippen molar-refractivity contribution in [2.24, 2.45) is 0 Å². The first-order chi connectivity index (χ1) is 12.1. The van der Waals surface area contributed by atoms with E-state index in [1.807, 2.05) is 24.3 Å². The number of nitrogens with zero attached hydrogens (tertiary/aromatic N) is 1. The fourth-order valence-corrected chi connectivity index (χ4v) is 3.07. The number of halogens is 2. The number of hydrogen-bond donors (Lipinski definition) is 1. The molecule has 0 bridgehead atoms. The fraction of sp³-hybridized carbons (Fsp3) is 0.350. The van der Waals surface area contributed by atoms with Crippen LogP contribution in [0, 0.1) is 5.82 Å². The molecule has 0 heterocycles. The van der Waals surface area contributed by atoms with E-state index in [4.69, 9.17) is 11.6 Å². The second kappa shape index (κ2) is 8.45. The van der Waals surface area contributed by atoms with Crippen LogP contribution in [0.1, 0.15) is 24.0 Å². The molecular weight excluding hydrogens is 339 g/mol. The van der Waals surface area contributed by atoms with Gasteiger partial charge in [-0.05, 0) is 54.7 Å². The molecule has 0 radical (unpaired) electrons. The summed E-state index contributed by atoms with van der Waals surface area (Å²) in [6.45, 7) is 1.64. The first-order valence-corrected chi connectivity index (χ1v) is 8.97. The monoisotopic (exact) mass is 360 g/mol. The van der Waals surface area contributed by atoms with E-state index in [1.54, 1.807) is 12.1 Å². The van der Waals surface area contributed by atoms with Crippen molar-refractivity contribution in [1.29, 1.82) is 0 Å². The lowest BCUT2D eigenvalue weighted by Gasteiger charge is -2.21. The molecule has 3 nitrogen and oxygen atoms in total. The second-order valence-electron chi connectivity index (χ2n) is 6.49. The largest absolute Gasteiger partial charge is 0.355 e. The zero-order valence-electron chi connectivity index (χ0n) is 14.1. The summed E-state index contributed by atoms with van der Waals surface area (Å²) in [5.74, 6) is -0.212. The Morgan fingerprint density at radius 1 is 1.16 bits per heavy atom. The smallest absolute Gasteiger partial charge is 0.234 e. The van der Waals surface area contributed by atoms with Gasteiger partial charge in [-0.3, -0.25) is 9.69 Å². The predicted octanol–water partition coefficient (Wildman–Crippen LogP) is 3.80. The van der Waals surface area contributed by atoms with Crippen LogP contribution in [0.25, 0.3) is 0 Å². The number of amides is 1. The zero-order valence-corrected chi connectivity index (χ0v) is 14.8. The van der Waals surface area contributed by atoms with Gasteiger partial charge in [0.25, 0.3) is 0 Å². The Morgan fingerprint density at radius 3 is 2.60 bits per heavy atom. The van der Waals surface area contributed by atoms with Crippen molar-refractivity contribution < 1.29 is 9.18 Å². The number of carbonyl (C=O) groups excluding carboxylic acids is 1. The van der Waals surface area contributed by atoms with Crippen LogP contribution >= 0.6 is 11.6 Å². The lowest BCUT2D eigenvalue weighted by molar-refractivity contribution is -0.122. The molecular formula is C20H22ClFN2O. The molecule has 0 aliphatic heterocycles. The summed E-state index contributed by atoms with van der Waals surface area (Å²) in [5, 5.41) is 3.69. The number of carbonyl (C=O) groups is 1. The standard InChI is InChI=1S/C20H22ClFN2O/c21-17-3-1-2-15(12-17)10-11-23-20(25)14-24(19-8-9-19)13-16-4-6-18(22)7-5-16/h1-7,12,19H,8-11,13-14H2,(H,23,25). The van der Waals surface area contributed by atoms with Crippen LogP contribution in [0.2, 0.25) is 5.02 Å². The van der Waals surface area contributed by atoms with Crippen molar-refractivity contribution in [3.05, 3.63) is 70.5 Å². The van der Waals surface area contributed by atoms with Gasteiger partial charge < -0.3 is 5.32 Å². The molecule has 2 aromatic rings. The van der Waals surface area contributed by atoms with Gasteiger partial charge in [0.15, 0.2) is 0 Å². The molecule has 1 fully saturated rings. The summed E-state index contributed by atoms with van der Waals surface area (Å²) >= 11 is 5.97. The van der Waals surface area contributed by atoms with Gasteiger partial charge in [-0.15, -0.1) is 0 Å². The Bertz CT molecular complexity index is 716. The van der Waals surface area contributed by atoms with Crippen LogP contribution in [0.15, 0.2) is 48.5 Å². The van der Waals surface area contributed by atoms with E-state index in [0.29, 0.717) is 30.7 Å². The quantitative estimate of drug-likeness (QED) is 0.776. The van der Waals surface area contributed by atoms with Gasteiger partial charge in [0.05, 0.1) is 6.54 Å². The molecule has 132 valence electrons. The lowest BCUT2D eigenvalue weighted by atomic mass is 10.1. The molecule has 1 aliphatic carbocycles. The Balaban J connectivity index is 1.46. The van der Waals surface area contributed by atoms with E-state index < -0.39 is 0 Å². The summed E-state index contributed by atoms with van der Waals surface area (Å²) in [6.07, 6.45) is 3.00. The van der Waals surface area contributed by atoms with Gasteiger partial charge >= 0.3 is 0 Å². The average molecular weight is 361 g/mol. The van der Waals surface area contributed by atoms with E-state index >= 15 is 0 Å². The Kier molecular flexibility index (Phi) is 6.05. The van der Waals surface area contributed by atoms with Gasteiger partial charge in [-0.2, -0.15) is 0 Å². The van der Waals surface area contributed by atoms with Crippen LogP contribution in [-0.2, 0) is 17.8 Å². The number of nitrogens with one attached hydrogen (secondary N) is 1. The van der Waals surface area contributed by atoms with Gasteiger partial charge in [0.1, 0.15) is 5.82 Å². The molecule has 3 rings (SSSR count). The third kappa shape index (κ3) is 5.83. The highest BCUT2D eigenvalue weighted by atomic mass is 35.5. The maximum atomic E-state index is 13.0. The molecule has 1 N–H and O–H groups in total. The maximum Gasteiger partial charge on any atom is 0.234 e. The molecule has 0 unspecified atom stereocenters. The molecule has 1 saturated carbocycles. The van der Waals surface area contributed by atoms with Crippen LogP contribution in [0.5, 0.6) is 0 Å². The van der Waals surface area contributed by atoms with Crippen molar-refractivity contribution >= 4 is 17.5 Å². The molecule has 0 atom stereocenters. The second-order valence-corrected chi connectivity index (χ2v) is 6.93. The molecule has 5 heteroatoms. The van der Waals surface area contributed by atoms with E-state index in [-0.39, 0.29) is 11.7 Å². The van der Waals surface area contributed by atoms with Crippen molar-refractivity contribution in [3.63, 3.8) is 0 Å². The zero-order chi connectivity index (χ0) is 17.6. The van der Waals surface area contributed by atoms with Crippen LogP contribution in [0.4, 0.5) is 4.39 Å².